The average Bonchev–Trinajstić information content (AvgIpc) is 2.26. The Morgan fingerprint density at radius 3 is 1.81 bits per heavy atom. The van der Waals surface area contributed by atoms with E-state index in [-0.39, 0.29) is 11.6 Å². The van der Waals surface area contributed by atoms with E-state index in [0.717, 1.165) is 0 Å². The molecule has 2 aromatic carbocycles. The molecule has 0 bridgehead atoms. The van der Waals surface area contributed by atoms with Crippen LogP contribution in [0, 0.1) is 11.6 Å². The number of halogens is 2. The molecule has 1 heterocycles. The van der Waals surface area contributed by atoms with Crippen LogP contribution in [-0.4, -0.2) is 0 Å². The summed E-state index contributed by atoms with van der Waals surface area (Å²) in [5.74, 6) is -0.0583. The zero-order valence-corrected chi connectivity index (χ0v) is 8.13. The first kappa shape index (κ1) is 9.15. The first-order valence-electron chi connectivity index (χ1n) is 4.76. The summed E-state index contributed by atoms with van der Waals surface area (Å²) in [7, 11) is 0. The van der Waals surface area contributed by atoms with Crippen molar-refractivity contribution < 1.29 is 13.5 Å². The number of anilines is 2. The van der Waals surface area contributed by atoms with Crippen LogP contribution in [0.1, 0.15) is 0 Å². The number of hydrogen-bond donors (Lipinski definition) is 1. The summed E-state index contributed by atoms with van der Waals surface area (Å²) in [5.41, 5.74) is 1.33. The second-order valence-corrected chi connectivity index (χ2v) is 3.51. The molecule has 1 N–H and O–H groups in total. The van der Waals surface area contributed by atoms with E-state index < -0.39 is 0 Å². The van der Waals surface area contributed by atoms with Crippen LogP contribution in [0.5, 0.6) is 11.5 Å². The molecule has 0 saturated carbocycles. The Kier molecular flexibility index (Phi) is 1.83. The third-order valence-corrected chi connectivity index (χ3v) is 2.38. The number of hydrogen-bond acceptors (Lipinski definition) is 2. The summed E-state index contributed by atoms with van der Waals surface area (Å²) in [5, 5.41) is 3.04. The summed E-state index contributed by atoms with van der Waals surface area (Å²) < 4.78 is 31.3. The third-order valence-electron chi connectivity index (χ3n) is 2.38. The van der Waals surface area contributed by atoms with Crippen molar-refractivity contribution in [3.8, 4) is 11.5 Å². The van der Waals surface area contributed by atoms with Crippen LogP contribution in [0.3, 0.4) is 0 Å². The Bertz CT molecular complexity index is 519. The molecule has 0 spiro atoms. The van der Waals surface area contributed by atoms with E-state index in [2.05, 4.69) is 5.32 Å². The van der Waals surface area contributed by atoms with Crippen molar-refractivity contribution in [3.05, 3.63) is 48.0 Å². The highest BCUT2D eigenvalue weighted by Gasteiger charge is 2.17. The average molecular weight is 219 g/mol. The highest BCUT2D eigenvalue weighted by atomic mass is 19.1. The number of ether oxygens (including phenoxy) is 1. The van der Waals surface area contributed by atoms with Gasteiger partial charge in [0.2, 0.25) is 0 Å². The van der Waals surface area contributed by atoms with E-state index in [9.17, 15) is 8.78 Å². The van der Waals surface area contributed by atoms with Crippen LogP contribution in [0.2, 0.25) is 0 Å². The molecule has 4 heteroatoms. The fraction of sp³-hybridized carbons (Fsp3) is 0. The van der Waals surface area contributed by atoms with Crippen LogP contribution in [-0.2, 0) is 0 Å². The van der Waals surface area contributed by atoms with Gasteiger partial charge in [-0.05, 0) is 24.3 Å². The fourth-order valence-electron chi connectivity index (χ4n) is 1.63. The van der Waals surface area contributed by atoms with Gasteiger partial charge in [0, 0.05) is 12.1 Å². The summed E-state index contributed by atoms with van der Waals surface area (Å²) in [4.78, 5) is 0. The molecule has 0 radical (unpaired) electrons. The summed E-state index contributed by atoms with van der Waals surface area (Å²) in [6.07, 6.45) is 0. The molecule has 0 aromatic heterocycles. The van der Waals surface area contributed by atoms with Gasteiger partial charge in [0.25, 0.3) is 0 Å². The lowest BCUT2D eigenvalue weighted by molar-refractivity contribution is 0.470. The molecule has 2 nitrogen and oxygen atoms in total. The zero-order chi connectivity index (χ0) is 11.1. The summed E-state index contributed by atoms with van der Waals surface area (Å²) >= 11 is 0. The fourth-order valence-corrected chi connectivity index (χ4v) is 1.63. The molecular formula is C12H7F2NO. The quantitative estimate of drug-likeness (QED) is 0.620. The molecule has 0 amide bonds. The number of nitrogens with one attached hydrogen (secondary N) is 1. The Balaban J connectivity index is 2.10. The minimum Gasteiger partial charge on any atom is -0.453 e. The van der Waals surface area contributed by atoms with Gasteiger partial charge in [-0.3, -0.25) is 0 Å². The number of fused-ring (bicyclic) bond motifs is 2. The number of rotatable bonds is 0. The summed E-state index contributed by atoms with van der Waals surface area (Å²) in [6.45, 7) is 0. The minimum atomic E-state index is -0.389. The predicted molar refractivity (Wildman–Crippen MR) is 56.2 cm³/mol. The molecule has 0 aliphatic carbocycles. The largest absolute Gasteiger partial charge is 0.453 e. The Hall–Kier alpha value is -2.10. The van der Waals surface area contributed by atoms with Crippen LogP contribution in [0.15, 0.2) is 36.4 Å². The van der Waals surface area contributed by atoms with Crippen molar-refractivity contribution in [2.75, 3.05) is 5.32 Å². The topological polar surface area (TPSA) is 21.3 Å². The van der Waals surface area contributed by atoms with Gasteiger partial charge < -0.3 is 10.1 Å². The van der Waals surface area contributed by atoms with Crippen molar-refractivity contribution in [3.63, 3.8) is 0 Å². The van der Waals surface area contributed by atoms with E-state index >= 15 is 0 Å². The van der Waals surface area contributed by atoms with Crippen LogP contribution < -0.4 is 10.1 Å². The molecule has 1 aliphatic heterocycles. The van der Waals surface area contributed by atoms with Crippen molar-refractivity contribution in [1.29, 1.82) is 0 Å². The van der Waals surface area contributed by atoms with Crippen LogP contribution in [0.4, 0.5) is 20.2 Å². The first-order chi connectivity index (χ1) is 7.72. The van der Waals surface area contributed by atoms with E-state index in [1.54, 1.807) is 12.1 Å². The smallest absolute Gasteiger partial charge is 0.153 e. The maximum Gasteiger partial charge on any atom is 0.153 e. The molecule has 0 unspecified atom stereocenters. The van der Waals surface area contributed by atoms with Gasteiger partial charge in [0.05, 0.1) is 11.4 Å². The van der Waals surface area contributed by atoms with Crippen molar-refractivity contribution in [2.45, 2.75) is 0 Å². The van der Waals surface area contributed by atoms with E-state index in [0.29, 0.717) is 22.9 Å². The molecule has 0 fully saturated rings. The molecule has 1 aliphatic rings. The number of benzene rings is 2. The SMILES string of the molecule is Fc1ccc2c(c1)Oc1cc(F)ccc1N2. The Morgan fingerprint density at radius 1 is 0.812 bits per heavy atom. The van der Waals surface area contributed by atoms with Gasteiger partial charge in [-0.1, -0.05) is 0 Å². The van der Waals surface area contributed by atoms with Crippen molar-refractivity contribution in [1.82, 2.24) is 0 Å². The zero-order valence-electron chi connectivity index (χ0n) is 8.13. The maximum absolute atomic E-state index is 13.0. The van der Waals surface area contributed by atoms with E-state index in [4.69, 9.17) is 4.74 Å². The normalized spacial score (nSPS) is 12.1. The monoisotopic (exact) mass is 219 g/mol. The maximum atomic E-state index is 13.0. The van der Waals surface area contributed by atoms with Crippen LogP contribution in [0.25, 0.3) is 0 Å². The lowest BCUT2D eigenvalue weighted by Crippen LogP contribution is -2.03. The Morgan fingerprint density at radius 2 is 1.31 bits per heavy atom. The standard InChI is InChI=1S/C12H7F2NO/c13-7-1-3-9-11(5-7)16-12-6-8(14)2-4-10(12)15-9/h1-6,15H. The van der Waals surface area contributed by atoms with Gasteiger partial charge in [0.15, 0.2) is 11.5 Å². The van der Waals surface area contributed by atoms with Crippen molar-refractivity contribution in [2.24, 2.45) is 0 Å². The second-order valence-electron chi connectivity index (χ2n) is 3.51. The minimum absolute atomic E-state index is 0.359. The molecule has 0 atom stereocenters. The van der Waals surface area contributed by atoms with Gasteiger partial charge in [-0.15, -0.1) is 0 Å². The van der Waals surface area contributed by atoms with Crippen LogP contribution >= 0.6 is 0 Å². The third kappa shape index (κ3) is 1.39. The summed E-state index contributed by atoms with van der Waals surface area (Å²) in [6, 6.07) is 8.35. The van der Waals surface area contributed by atoms with Gasteiger partial charge in [-0.25, -0.2) is 8.78 Å². The highest BCUT2D eigenvalue weighted by molar-refractivity contribution is 5.75. The lowest BCUT2D eigenvalue weighted by atomic mass is 10.2. The molecule has 0 saturated heterocycles. The molecular weight excluding hydrogens is 212 g/mol. The van der Waals surface area contributed by atoms with E-state index in [1.807, 2.05) is 0 Å². The van der Waals surface area contributed by atoms with E-state index in [1.165, 1.54) is 24.3 Å². The second kappa shape index (κ2) is 3.20. The highest BCUT2D eigenvalue weighted by Crippen LogP contribution is 2.42. The van der Waals surface area contributed by atoms with Gasteiger partial charge in [-0.2, -0.15) is 0 Å². The van der Waals surface area contributed by atoms with Crippen molar-refractivity contribution >= 4 is 11.4 Å². The van der Waals surface area contributed by atoms with Gasteiger partial charge >= 0.3 is 0 Å². The molecule has 2 aromatic rings. The molecule has 16 heavy (non-hydrogen) atoms. The Labute approximate surface area is 90.5 Å². The first-order valence-corrected chi connectivity index (χ1v) is 4.76. The molecule has 80 valence electrons. The molecule has 3 rings (SSSR count). The van der Waals surface area contributed by atoms with Gasteiger partial charge in [0.1, 0.15) is 11.6 Å². The lowest BCUT2D eigenvalue weighted by Gasteiger charge is -2.21. The predicted octanol–water partition coefficient (Wildman–Crippen LogP) is 3.81.